The molecule has 2 aromatic heterocycles. The minimum absolute atomic E-state index is 0.593. The van der Waals surface area contributed by atoms with Crippen molar-refractivity contribution < 1.29 is 4.74 Å². The smallest absolute Gasteiger partial charge is 0.178 e. The van der Waals surface area contributed by atoms with Crippen LogP contribution < -0.4 is 24.3 Å². The quantitative estimate of drug-likeness (QED) is 0.204. The van der Waals surface area contributed by atoms with Gasteiger partial charge in [0.1, 0.15) is 24.8 Å². The van der Waals surface area contributed by atoms with Crippen LogP contribution in [0.3, 0.4) is 0 Å². The average Bonchev–Trinajstić information content (AvgIpc) is 3.66. The summed E-state index contributed by atoms with van der Waals surface area (Å²) in [5.74, 6) is 4.72. The Bertz CT molecular complexity index is 1760. The molecule has 43 heavy (non-hydrogen) atoms. The van der Waals surface area contributed by atoms with E-state index in [1.54, 1.807) is 24.8 Å². The molecule has 0 fully saturated rings. The van der Waals surface area contributed by atoms with E-state index in [9.17, 15) is 0 Å². The first-order chi connectivity index (χ1) is 21.3. The van der Waals surface area contributed by atoms with Crippen molar-refractivity contribution in [1.82, 2.24) is 19.9 Å². The third-order valence-electron chi connectivity index (χ3n) is 7.54. The van der Waals surface area contributed by atoms with E-state index in [0.29, 0.717) is 13.3 Å². The van der Waals surface area contributed by atoms with Crippen LogP contribution in [-0.2, 0) is 0 Å². The molecule has 0 amide bonds. The number of hydrogen-bond donors (Lipinski definition) is 0. The molecule has 0 saturated heterocycles. The topological polar surface area (TPSA) is 73.8 Å². The van der Waals surface area contributed by atoms with Gasteiger partial charge in [-0.1, -0.05) is 48.5 Å². The molecule has 0 bridgehead atoms. The lowest BCUT2D eigenvalue weighted by atomic mass is 10.2. The van der Waals surface area contributed by atoms with Crippen molar-refractivity contribution >= 4 is 46.0 Å². The van der Waals surface area contributed by atoms with Gasteiger partial charge in [0.15, 0.2) is 23.3 Å². The minimum Gasteiger partial charge on any atom is -0.457 e. The molecule has 9 nitrogen and oxygen atoms in total. The Balaban J connectivity index is 1.07. The average molecular weight is 563 g/mol. The van der Waals surface area contributed by atoms with Gasteiger partial charge in [0.25, 0.3) is 0 Å². The second-order valence-electron chi connectivity index (χ2n) is 10.2. The third kappa shape index (κ3) is 4.53. The fourth-order valence-corrected chi connectivity index (χ4v) is 5.56. The van der Waals surface area contributed by atoms with E-state index in [0.717, 1.165) is 57.5 Å². The zero-order chi connectivity index (χ0) is 28.6. The number of ether oxygens (including phenoxy) is 1. The summed E-state index contributed by atoms with van der Waals surface area (Å²) in [7, 11) is 0. The summed E-state index contributed by atoms with van der Waals surface area (Å²) in [6.07, 6.45) is 6.92. The molecule has 0 unspecified atom stereocenters. The van der Waals surface area contributed by atoms with Crippen LogP contribution in [0.15, 0.2) is 134 Å². The number of hydrogen-bond acceptors (Lipinski definition) is 9. The maximum atomic E-state index is 6.43. The van der Waals surface area contributed by atoms with Gasteiger partial charge < -0.3 is 24.3 Å². The zero-order valence-corrected chi connectivity index (χ0v) is 23.1. The summed E-state index contributed by atoms with van der Waals surface area (Å²) >= 11 is 0. The van der Waals surface area contributed by atoms with Crippen LogP contribution in [-0.4, -0.2) is 33.3 Å². The second kappa shape index (κ2) is 10.5. The predicted octanol–water partition coefficient (Wildman–Crippen LogP) is 7.55. The van der Waals surface area contributed by atoms with Crippen molar-refractivity contribution in [3.05, 3.63) is 134 Å². The number of fused-ring (bicyclic) bond motifs is 2. The van der Waals surface area contributed by atoms with E-state index in [4.69, 9.17) is 4.74 Å². The fourth-order valence-electron chi connectivity index (χ4n) is 5.56. The molecule has 0 atom stereocenters. The first kappa shape index (κ1) is 24.8. The first-order valence-corrected chi connectivity index (χ1v) is 14.0. The number of para-hydroxylation sites is 2. The van der Waals surface area contributed by atoms with Gasteiger partial charge in [-0.25, -0.2) is 19.9 Å². The fraction of sp³-hybridized carbons (Fsp3) is 0.0588. The monoisotopic (exact) mass is 562 g/mol. The normalized spacial score (nSPS) is 13.7. The molecule has 0 spiro atoms. The van der Waals surface area contributed by atoms with Gasteiger partial charge in [-0.3, -0.25) is 0 Å². The summed E-state index contributed by atoms with van der Waals surface area (Å²) in [5.41, 5.74) is 4.07. The van der Waals surface area contributed by atoms with E-state index in [-0.39, 0.29) is 0 Å². The largest absolute Gasteiger partial charge is 0.457 e. The Labute approximate surface area is 248 Å². The number of nitrogens with zero attached hydrogens (tertiary/aromatic N) is 8. The van der Waals surface area contributed by atoms with Crippen LogP contribution >= 0.6 is 0 Å². The highest BCUT2D eigenvalue weighted by Gasteiger charge is 2.32. The molecule has 0 N–H and O–H groups in total. The van der Waals surface area contributed by atoms with Crippen LogP contribution in [0, 0.1) is 0 Å². The summed E-state index contributed by atoms with van der Waals surface area (Å²) in [5, 5.41) is 0. The maximum Gasteiger partial charge on any atom is 0.178 e. The highest BCUT2D eigenvalue weighted by atomic mass is 16.5. The van der Waals surface area contributed by atoms with Gasteiger partial charge in [0.05, 0.1) is 0 Å². The predicted molar refractivity (Wildman–Crippen MR) is 168 cm³/mol. The molecule has 2 aliphatic heterocycles. The lowest BCUT2D eigenvalue weighted by Crippen LogP contribution is -2.24. The van der Waals surface area contributed by atoms with E-state index in [2.05, 4.69) is 75.9 Å². The Morgan fingerprint density at radius 3 is 1.14 bits per heavy atom. The van der Waals surface area contributed by atoms with E-state index in [1.807, 2.05) is 72.8 Å². The number of benzene rings is 4. The molecule has 0 radical (unpaired) electrons. The lowest BCUT2D eigenvalue weighted by Gasteiger charge is -2.22. The lowest BCUT2D eigenvalue weighted by molar-refractivity contribution is 0.483. The molecule has 4 aromatic carbocycles. The molecule has 6 aromatic rings. The number of anilines is 8. The van der Waals surface area contributed by atoms with E-state index >= 15 is 0 Å². The molecule has 0 saturated carbocycles. The highest BCUT2D eigenvalue weighted by molar-refractivity contribution is 5.83. The maximum absolute atomic E-state index is 6.43. The van der Waals surface area contributed by atoms with Crippen LogP contribution in [0.5, 0.6) is 11.5 Å². The Morgan fingerprint density at radius 2 is 0.744 bits per heavy atom. The van der Waals surface area contributed by atoms with Crippen molar-refractivity contribution in [3.8, 4) is 11.5 Å². The van der Waals surface area contributed by atoms with Crippen molar-refractivity contribution in [2.75, 3.05) is 32.9 Å². The SMILES string of the molecule is c1ccc(N2CN(c3cccc(Oc4cccc(N5CN(c6ccccc6)c6nccnc65)c4)c3)c3nccnc32)cc1. The van der Waals surface area contributed by atoms with E-state index in [1.165, 1.54) is 0 Å². The van der Waals surface area contributed by atoms with E-state index < -0.39 is 0 Å². The summed E-state index contributed by atoms with van der Waals surface area (Å²) in [6.45, 7) is 1.19. The highest BCUT2D eigenvalue weighted by Crippen LogP contribution is 2.43. The second-order valence-corrected chi connectivity index (χ2v) is 10.2. The first-order valence-electron chi connectivity index (χ1n) is 14.0. The van der Waals surface area contributed by atoms with Crippen LogP contribution in [0.4, 0.5) is 46.0 Å². The number of aromatic nitrogens is 4. The molecule has 208 valence electrons. The van der Waals surface area contributed by atoms with Gasteiger partial charge in [-0.2, -0.15) is 0 Å². The summed E-state index contributed by atoms with van der Waals surface area (Å²) in [4.78, 5) is 27.2. The van der Waals surface area contributed by atoms with Crippen LogP contribution in [0.1, 0.15) is 0 Å². The van der Waals surface area contributed by atoms with Crippen LogP contribution in [0.2, 0.25) is 0 Å². The summed E-state index contributed by atoms with van der Waals surface area (Å²) in [6, 6.07) is 36.6. The Kier molecular flexibility index (Phi) is 6.03. The zero-order valence-electron chi connectivity index (χ0n) is 23.1. The molecule has 2 aliphatic rings. The third-order valence-corrected chi connectivity index (χ3v) is 7.54. The van der Waals surface area contributed by atoms with Gasteiger partial charge in [-0.15, -0.1) is 0 Å². The minimum atomic E-state index is 0.593. The number of rotatable bonds is 6. The van der Waals surface area contributed by atoms with Gasteiger partial charge in [-0.05, 0) is 48.5 Å². The van der Waals surface area contributed by atoms with Crippen molar-refractivity contribution in [2.45, 2.75) is 0 Å². The molecule has 9 heteroatoms. The summed E-state index contributed by atoms with van der Waals surface area (Å²) < 4.78 is 6.43. The Morgan fingerprint density at radius 1 is 0.395 bits per heavy atom. The standard InChI is InChI=1S/C34H26N8O/c1-3-9-25(10-4-1)39-23-41(33-31(39)35-17-19-37-33)27-13-7-15-29(21-27)43-30-16-8-14-28(22-30)42-24-40(26-11-5-2-6-12-26)32-34(42)38-20-18-36-32/h1-22H,23-24H2. The molecular weight excluding hydrogens is 536 g/mol. The van der Waals surface area contributed by atoms with Gasteiger partial charge in [0.2, 0.25) is 0 Å². The van der Waals surface area contributed by atoms with Crippen molar-refractivity contribution in [3.63, 3.8) is 0 Å². The van der Waals surface area contributed by atoms with Crippen molar-refractivity contribution in [1.29, 1.82) is 0 Å². The van der Waals surface area contributed by atoms with Gasteiger partial charge in [0, 0.05) is 59.7 Å². The molecule has 4 heterocycles. The Hall–Kier alpha value is -5.96. The molecular formula is C34H26N8O. The van der Waals surface area contributed by atoms with Gasteiger partial charge >= 0.3 is 0 Å². The molecule has 0 aliphatic carbocycles. The molecule has 8 rings (SSSR count). The van der Waals surface area contributed by atoms with Crippen molar-refractivity contribution in [2.24, 2.45) is 0 Å². The van der Waals surface area contributed by atoms with Crippen LogP contribution in [0.25, 0.3) is 0 Å².